The van der Waals surface area contributed by atoms with Crippen LogP contribution in [0.3, 0.4) is 0 Å². The van der Waals surface area contributed by atoms with Gasteiger partial charge in [0.25, 0.3) is 0 Å². The Morgan fingerprint density at radius 1 is 1.56 bits per heavy atom. The maximum absolute atomic E-state index is 6.25. The van der Waals surface area contributed by atoms with Gasteiger partial charge in [0.2, 0.25) is 0 Å². The van der Waals surface area contributed by atoms with Gasteiger partial charge in [0.1, 0.15) is 0 Å². The molecule has 2 aromatic rings. The molecule has 16 heavy (non-hydrogen) atoms. The highest BCUT2D eigenvalue weighted by Gasteiger charge is 2.17. The molecule has 0 aliphatic carbocycles. The van der Waals surface area contributed by atoms with Crippen molar-refractivity contribution in [2.75, 3.05) is 0 Å². The van der Waals surface area contributed by atoms with E-state index in [2.05, 4.69) is 35.6 Å². The lowest BCUT2D eigenvalue weighted by molar-refractivity contribution is 0.544. The Bertz CT molecular complexity index is 460. The maximum Gasteiger partial charge on any atom is 0.0836 e. The number of nitrogens with two attached hydrogens (primary N) is 1. The number of hydrogen-bond acceptors (Lipinski definition) is 4. The van der Waals surface area contributed by atoms with E-state index in [1.165, 1.54) is 10.4 Å². The van der Waals surface area contributed by atoms with E-state index < -0.39 is 0 Å². The van der Waals surface area contributed by atoms with Crippen LogP contribution in [0.1, 0.15) is 35.5 Å². The average molecular weight is 236 g/mol. The highest BCUT2D eigenvalue weighted by atomic mass is 32.1. The standard InChI is InChI=1S/C11H16N4S/c1-3-5-15-9(7-13-14-15)10(12)11-8(2)4-6-16-11/h4,6-7,10H,3,5,12H2,1-2H3. The van der Waals surface area contributed by atoms with Crippen LogP contribution in [-0.4, -0.2) is 15.0 Å². The van der Waals surface area contributed by atoms with Crippen LogP contribution in [0.5, 0.6) is 0 Å². The molecule has 0 aliphatic heterocycles. The molecule has 1 atom stereocenters. The van der Waals surface area contributed by atoms with Gasteiger partial charge in [-0.05, 0) is 30.4 Å². The molecule has 0 amide bonds. The number of thiophene rings is 1. The van der Waals surface area contributed by atoms with Crippen molar-refractivity contribution in [3.8, 4) is 0 Å². The molecule has 2 heterocycles. The van der Waals surface area contributed by atoms with E-state index in [1.807, 2.05) is 4.68 Å². The second-order valence-corrected chi connectivity index (χ2v) is 4.78. The number of aromatic nitrogens is 3. The van der Waals surface area contributed by atoms with Crippen molar-refractivity contribution in [1.82, 2.24) is 15.0 Å². The first-order valence-electron chi connectivity index (χ1n) is 5.42. The summed E-state index contributed by atoms with van der Waals surface area (Å²) in [6.45, 7) is 5.07. The Morgan fingerprint density at radius 2 is 2.38 bits per heavy atom. The minimum Gasteiger partial charge on any atom is -0.318 e. The van der Waals surface area contributed by atoms with Gasteiger partial charge in [0, 0.05) is 11.4 Å². The van der Waals surface area contributed by atoms with Crippen molar-refractivity contribution in [1.29, 1.82) is 0 Å². The van der Waals surface area contributed by atoms with E-state index in [0.29, 0.717) is 0 Å². The monoisotopic (exact) mass is 236 g/mol. The number of aryl methyl sites for hydroxylation is 2. The van der Waals surface area contributed by atoms with E-state index in [9.17, 15) is 0 Å². The molecule has 0 saturated carbocycles. The molecular formula is C11H16N4S. The van der Waals surface area contributed by atoms with Crippen LogP contribution in [0, 0.1) is 6.92 Å². The zero-order chi connectivity index (χ0) is 11.5. The zero-order valence-electron chi connectivity index (χ0n) is 9.55. The predicted molar refractivity (Wildman–Crippen MR) is 65.4 cm³/mol. The maximum atomic E-state index is 6.25. The fourth-order valence-corrected chi connectivity index (χ4v) is 2.67. The number of rotatable bonds is 4. The van der Waals surface area contributed by atoms with Crippen LogP contribution < -0.4 is 5.73 Å². The van der Waals surface area contributed by atoms with Crippen LogP contribution >= 0.6 is 11.3 Å². The normalized spacial score (nSPS) is 12.9. The topological polar surface area (TPSA) is 56.7 Å². The first-order valence-corrected chi connectivity index (χ1v) is 6.30. The number of nitrogens with zero attached hydrogens (tertiary/aromatic N) is 3. The van der Waals surface area contributed by atoms with Crippen molar-refractivity contribution in [2.45, 2.75) is 32.9 Å². The summed E-state index contributed by atoms with van der Waals surface area (Å²) in [4.78, 5) is 1.19. The van der Waals surface area contributed by atoms with Crippen molar-refractivity contribution >= 4 is 11.3 Å². The van der Waals surface area contributed by atoms with Gasteiger partial charge >= 0.3 is 0 Å². The molecular weight excluding hydrogens is 220 g/mol. The minimum atomic E-state index is -0.110. The third-order valence-electron chi connectivity index (χ3n) is 2.59. The quantitative estimate of drug-likeness (QED) is 0.884. The van der Waals surface area contributed by atoms with Crippen molar-refractivity contribution < 1.29 is 0 Å². The Kier molecular flexibility index (Phi) is 3.36. The summed E-state index contributed by atoms with van der Waals surface area (Å²) in [6, 6.07) is 1.98. The smallest absolute Gasteiger partial charge is 0.0836 e. The largest absolute Gasteiger partial charge is 0.318 e. The first kappa shape index (κ1) is 11.3. The van der Waals surface area contributed by atoms with Gasteiger partial charge in [0.15, 0.2) is 0 Å². The molecule has 0 aliphatic rings. The fraction of sp³-hybridized carbons (Fsp3) is 0.455. The van der Waals surface area contributed by atoms with E-state index in [0.717, 1.165) is 18.7 Å². The van der Waals surface area contributed by atoms with E-state index in [1.54, 1.807) is 17.5 Å². The summed E-state index contributed by atoms with van der Waals surface area (Å²) in [6.07, 6.45) is 2.80. The van der Waals surface area contributed by atoms with E-state index in [4.69, 9.17) is 5.73 Å². The molecule has 2 N–H and O–H groups in total. The van der Waals surface area contributed by atoms with Gasteiger partial charge in [0.05, 0.1) is 17.9 Å². The van der Waals surface area contributed by atoms with Crippen LogP contribution in [0.2, 0.25) is 0 Å². The molecule has 2 aromatic heterocycles. The second-order valence-electron chi connectivity index (χ2n) is 3.83. The van der Waals surface area contributed by atoms with Crippen LogP contribution in [0.25, 0.3) is 0 Å². The number of hydrogen-bond donors (Lipinski definition) is 1. The zero-order valence-corrected chi connectivity index (χ0v) is 10.4. The third kappa shape index (κ3) is 2.01. The summed E-state index contributed by atoms with van der Waals surface area (Å²) in [5.74, 6) is 0. The Morgan fingerprint density at radius 3 is 3.00 bits per heavy atom. The van der Waals surface area contributed by atoms with Crippen LogP contribution in [0.4, 0.5) is 0 Å². The van der Waals surface area contributed by atoms with Gasteiger partial charge in [-0.3, -0.25) is 0 Å². The van der Waals surface area contributed by atoms with Gasteiger partial charge in [-0.25, -0.2) is 4.68 Å². The summed E-state index contributed by atoms with van der Waals surface area (Å²) >= 11 is 1.69. The van der Waals surface area contributed by atoms with E-state index in [-0.39, 0.29) is 6.04 Å². The lowest BCUT2D eigenvalue weighted by Crippen LogP contribution is -2.17. The van der Waals surface area contributed by atoms with Gasteiger partial charge in [-0.2, -0.15) is 0 Å². The first-order chi connectivity index (χ1) is 7.74. The molecule has 0 radical (unpaired) electrons. The molecule has 86 valence electrons. The minimum absolute atomic E-state index is 0.110. The lowest BCUT2D eigenvalue weighted by atomic mass is 10.1. The van der Waals surface area contributed by atoms with Crippen LogP contribution in [-0.2, 0) is 6.54 Å². The van der Waals surface area contributed by atoms with Gasteiger partial charge < -0.3 is 5.73 Å². The van der Waals surface area contributed by atoms with E-state index >= 15 is 0 Å². The summed E-state index contributed by atoms with van der Waals surface area (Å²) in [5.41, 5.74) is 8.48. The Balaban J connectivity index is 2.30. The molecule has 0 saturated heterocycles. The van der Waals surface area contributed by atoms with Gasteiger partial charge in [-0.15, -0.1) is 16.4 Å². The molecule has 4 nitrogen and oxygen atoms in total. The summed E-state index contributed by atoms with van der Waals surface area (Å²) < 4.78 is 1.89. The van der Waals surface area contributed by atoms with Gasteiger partial charge in [-0.1, -0.05) is 12.1 Å². The molecule has 1 unspecified atom stereocenters. The predicted octanol–water partition coefficient (Wildman–Crippen LogP) is 2.11. The molecule has 5 heteroatoms. The fourth-order valence-electron chi connectivity index (χ4n) is 1.73. The Hall–Kier alpha value is -1.20. The molecule has 2 rings (SSSR count). The third-order valence-corrected chi connectivity index (χ3v) is 3.69. The SMILES string of the molecule is CCCn1nncc1C(N)c1sccc1C. The molecule has 0 aromatic carbocycles. The lowest BCUT2D eigenvalue weighted by Gasteiger charge is -2.12. The molecule has 0 bridgehead atoms. The molecule has 0 fully saturated rings. The van der Waals surface area contributed by atoms with Crippen molar-refractivity contribution in [3.05, 3.63) is 33.8 Å². The highest BCUT2D eigenvalue weighted by Crippen LogP contribution is 2.26. The van der Waals surface area contributed by atoms with Crippen LogP contribution in [0.15, 0.2) is 17.6 Å². The van der Waals surface area contributed by atoms with Crippen molar-refractivity contribution in [3.63, 3.8) is 0 Å². The summed E-state index contributed by atoms with van der Waals surface area (Å²) in [7, 11) is 0. The Labute approximate surface area is 99.1 Å². The second kappa shape index (κ2) is 4.76. The molecule has 0 spiro atoms. The average Bonchev–Trinajstić information content (AvgIpc) is 2.87. The highest BCUT2D eigenvalue weighted by molar-refractivity contribution is 7.10. The summed E-state index contributed by atoms with van der Waals surface area (Å²) in [5, 5.41) is 10.1. The van der Waals surface area contributed by atoms with Crippen molar-refractivity contribution in [2.24, 2.45) is 5.73 Å².